The van der Waals surface area contributed by atoms with Gasteiger partial charge in [0, 0.05) is 58.5 Å². The largest absolute Gasteiger partial charge is 0.491 e. The van der Waals surface area contributed by atoms with Crippen LogP contribution in [-0.4, -0.2) is 166 Å². The van der Waals surface area contributed by atoms with Crippen LogP contribution in [0.4, 0.5) is 0 Å². The van der Waals surface area contributed by atoms with E-state index in [9.17, 15) is 4.79 Å². The lowest BCUT2D eigenvalue weighted by Crippen LogP contribution is -2.47. The van der Waals surface area contributed by atoms with Crippen LogP contribution in [0, 0.1) is 0 Å². The zero-order valence-corrected chi connectivity index (χ0v) is 31.8. The molecule has 2 aromatic carbocycles. The van der Waals surface area contributed by atoms with Crippen LogP contribution in [0.1, 0.15) is 41.4 Å². The van der Waals surface area contributed by atoms with Crippen molar-refractivity contribution in [3.05, 3.63) is 77.9 Å². The average Bonchev–Trinajstić information content (AvgIpc) is 3.17. The lowest BCUT2D eigenvalue weighted by molar-refractivity contribution is -0.0199. The minimum atomic E-state index is 0.0407. The predicted octanol–water partition coefficient (Wildman–Crippen LogP) is 4.19. The van der Waals surface area contributed by atoms with Crippen LogP contribution in [0.15, 0.2) is 61.2 Å². The summed E-state index contributed by atoms with van der Waals surface area (Å²) < 4.78 is 44.2. The van der Waals surface area contributed by atoms with Crippen molar-refractivity contribution in [1.29, 1.82) is 0 Å². The molecule has 12 heteroatoms. The third-order valence-electron chi connectivity index (χ3n) is 8.65. The van der Waals surface area contributed by atoms with Gasteiger partial charge in [0.1, 0.15) is 12.4 Å². The highest BCUT2D eigenvalue weighted by molar-refractivity contribution is 5.94. The number of hydrogen-bond acceptors (Lipinski definition) is 11. The highest BCUT2D eigenvalue weighted by Gasteiger charge is 2.27. The molecule has 3 rings (SSSR count). The Balaban J connectivity index is 1.34. The molecule has 0 N–H and O–H groups in total. The Morgan fingerprint density at radius 1 is 0.692 bits per heavy atom. The van der Waals surface area contributed by atoms with E-state index in [1.165, 1.54) is 0 Å². The van der Waals surface area contributed by atoms with Crippen molar-refractivity contribution in [3.63, 3.8) is 0 Å². The van der Waals surface area contributed by atoms with Crippen LogP contribution >= 0.6 is 0 Å². The fraction of sp³-hybridized carbons (Fsp3) is 0.625. The summed E-state index contributed by atoms with van der Waals surface area (Å²) in [7, 11) is 1.65. The van der Waals surface area contributed by atoms with Crippen molar-refractivity contribution >= 4 is 5.91 Å². The SMILES string of the molecule is C=CCN1CCN([C@H](c2ccc(C(=O)N(CC)CC)cc2)c2cccc(OCCOCCOCCOCCOCCOCCOCCOC)c2)CC1. The summed E-state index contributed by atoms with van der Waals surface area (Å²) in [6.45, 7) is 21.2. The molecule has 12 nitrogen and oxygen atoms in total. The Kier molecular flexibility index (Phi) is 23.1. The van der Waals surface area contributed by atoms with E-state index >= 15 is 0 Å². The number of benzene rings is 2. The lowest BCUT2D eigenvalue weighted by Gasteiger charge is -2.39. The molecule has 0 bridgehead atoms. The molecule has 0 aromatic heterocycles. The van der Waals surface area contributed by atoms with E-state index in [4.69, 9.17) is 37.9 Å². The first-order valence-electron chi connectivity index (χ1n) is 18.8. The van der Waals surface area contributed by atoms with Crippen molar-refractivity contribution < 1.29 is 42.7 Å². The van der Waals surface area contributed by atoms with Gasteiger partial charge in [-0.3, -0.25) is 14.6 Å². The molecule has 52 heavy (non-hydrogen) atoms. The van der Waals surface area contributed by atoms with E-state index < -0.39 is 0 Å². The summed E-state index contributed by atoms with van der Waals surface area (Å²) in [5.74, 6) is 0.870. The Morgan fingerprint density at radius 2 is 1.19 bits per heavy atom. The first-order chi connectivity index (χ1) is 25.6. The molecular formula is C40H63N3O9. The van der Waals surface area contributed by atoms with Gasteiger partial charge < -0.3 is 42.8 Å². The standard InChI is InChI=1S/C40H63N3O9/c1-5-15-41-16-18-43(19-17-41)39(35-11-13-36(14-12-35)40(44)42(6-2)7-3)37-9-8-10-38(34-37)52-33-32-51-31-30-50-29-28-49-27-26-48-25-24-47-23-22-46-21-20-45-4/h5,8-14,34,39H,1,6-7,15-33H2,2-4H3/t39-/m1/s1. The average molecular weight is 730 g/mol. The summed E-state index contributed by atoms with van der Waals surface area (Å²) in [4.78, 5) is 19.8. The van der Waals surface area contributed by atoms with Crippen molar-refractivity contribution in [3.8, 4) is 5.75 Å². The third-order valence-corrected chi connectivity index (χ3v) is 8.65. The number of hydrogen-bond donors (Lipinski definition) is 0. The van der Waals surface area contributed by atoms with Crippen LogP contribution in [-0.2, 0) is 33.2 Å². The van der Waals surface area contributed by atoms with E-state index in [1.54, 1.807) is 7.11 Å². The number of rotatable bonds is 30. The van der Waals surface area contributed by atoms with Crippen LogP contribution < -0.4 is 4.74 Å². The zero-order valence-electron chi connectivity index (χ0n) is 31.8. The zero-order chi connectivity index (χ0) is 37.1. The van der Waals surface area contributed by atoms with Gasteiger partial charge >= 0.3 is 0 Å². The van der Waals surface area contributed by atoms with Gasteiger partial charge in [0.2, 0.25) is 0 Å². The van der Waals surface area contributed by atoms with Gasteiger partial charge in [-0.1, -0.05) is 30.3 Å². The van der Waals surface area contributed by atoms with Crippen molar-refractivity contribution in [1.82, 2.24) is 14.7 Å². The van der Waals surface area contributed by atoms with Gasteiger partial charge in [-0.15, -0.1) is 6.58 Å². The fourth-order valence-corrected chi connectivity index (χ4v) is 5.84. The maximum absolute atomic E-state index is 13.0. The number of carbonyl (C=O) groups excluding carboxylic acids is 1. The maximum atomic E-state index is 13.0. The second-order valence-electron chi connectivity index (χ2n) is 12.2. The van der Waals surface area contributed by atoms with Crippen LogP contribution in [0.2, 0.25) is 0 Å². The van der Waals surface area contributed by atoms with Gasteiger partial charge in [0.05, 0.1) is 91.9 Å². The molecule has 1 aliphatic heterocycles. The van der Waals surface area contributed by atoms with E-state index in [0.717, 1.165) is 49.6 Å². The van der Waals surface area contributed by atoms with Gasteiger partial charge in [-0.2, -0.15) is 0 Å². The molecule has 292 valence electrons. The second kappa shape index (κ2) is 27.7. The van der Waals surface area contributed by atoms with Crippen LogP contribution in [0.25, 0.3) is 0 Å². The van der Waals surface area contributed by atoms with Gasteiger partial charge in [-0.25, -0.2) is 0 Å². The first-order valence-corrected chi connectivity index (χ1v) is 18.8. The minimum Gasteiger partial charge on any atom is -0.491 e. The smallest absolute Gasteiger partial charge is 0.253 e. The maximum Gasteiger partial charge on any atom is 0.253 e. The molecule has 1 fully saturated rings. The van der Waals surface area contributed by atoms with Gasteiger partial charge in [0.25, 0.3) is 5.91 Å². The van der Waals surface area contributed by atoms with Gasteiger partial charge in [0.15, 0.2) is 0 Å². The molecule has 1 aliphatic rings. The molecule has 0 aliphatic carbocycles. The summed E-state index contributed by atoms with van der Waals surface area (Å²) in [6.07, 6.45) is 1.97. The summed E-state index contributed by atoms with van der Waals surface area (Å²) in [6, 6.07) is 16.5. The van der Waals surface area contributed by atoms with E-state index in [1.807, 2.05) is 49.1 Å². The van der Waals surface area contributed by atoms with Crippen LogP contribution in [0.3, 0.4) is 0 Å². The number of nitrogens with zero attached hydrogens (tertiary/aromatic N) is 3. The minimum absolute atomic E-state index is 0.0407. The molecule has 0 spiro atoms. The highest BCUT2D eigenvalue weighted by Crippen LogP contribution is 2.32. The normalized spacial score (nSPS) is 14.4. The number of methoxy groups -OCH3 is 1. The Morgan fingerprint density at radius 3 is 1.67 bits per heavy atom. The number of carbonyl (C=O) groups is 1. The summed E-state index contributed by atoms with van der Waals surface area (Å²) in [5, 5.41) is 0. The Bertz CT molecular complexity index is 1210. The monoisotopic (exact) mass is 729 g/mol. The van der Waals surface area contributed by atoms with Crippen molar-refractivity contribution in [2.75, 3.05) is 145 Å². The summed E-state index contributed by atoms with van der Waals surface area (Å²) in [5.41, 5.74) is 3.03. The molecule has 0 saturated carbocycles. The number of ether oxygens (including phenoxy) is 8. The van der Waals surface area contributed by atoms with E-state index in [2.05, 4.69) is 40.6 Å². The van der Waals surface area contributed by atoms with Crippen molar-refractivity contribution in [2.24, 2.45) is 0 Å². The van der Waals surface area contributed by atoms with Crippen molar-refractivity contribution in [2.45, 2.75) is 19.9 Å². The molecule has 1 amide bonds. The fourth-order valence-electron chi connectivity index (χ4n) is 5.84. The quantitative estimate of drug-likeness (QED) is 0.0856. The first kappa shape index (κ1) is 43.5. The Hall–Kier alpha value is -2.91. The molecule has 1 saturated heterocycles. The Labute approximate surface area is 311 Å². The predicted molar refractivity (Wildman–Crippen MR) is 202 cm³/mol. The lowest BCUT2D eigenvalue weighted by atomic mass is 9.95. The molecule has 1 atom stereocenters. The summed E-state index contributed by atoms with van der Waals surface area (Å²) >= 11 is 0. The second-order valence-corrected chi connectivity index (χ2v) is 12.2. The molecular weight excluding hydrogens is 666 g/mol. The van der Waals surface area contributed by atoms with E-state index in [-0.39, 0.29) is 11.9 Å². The molecule has 2 aromatic rings. The highest BCUT2D eigenvalue weighted by atomic mass is 16.6. The van der Waals surface area contributed by atoms with E-state index in [0.29, 0.717) is 111 Å². The topological polar surface area (TPSA) is 101 Å². The molecule has 0 radical (unpaired) electrons. The van der Waals surface area contributed by atoms with Crippen LogP contribution in [0.5, 0.6) is 5.75 Å². The molecule has 1 heterocycles. The molecule has 0 unspecified atom stereocenters. The third kappa shape index (κ3) is 16.8. The van der Waals surface area contributed by atoms with Gasteiger partial charge in [-0.05, 0) is 49.2 Å². The number of piperazine rings is 1. The number of amides is 1.